The number of amides is 1. The minimum Gasteiger partial charge on any atom is -0.495 e. The lowest BCUT2D eigenvalue weighted by atomic mass is 10.3. The van der Waals surface area contributed by atoms with Crippen LogP contribution in [-0.2, 0) is 4.79 Å². The van der Waals surface area contributed by atoms with Gasteiger partial charge in [0.1, 0.15) is 5.75 Å². The molecule has 0 saturated carbocycles. The highest BCUT2D eigenvalue weighted by molar-refractivity contribution is 7.27. The van der Waals surface area contributed by atoms with E-state index in [0.717, 1.165) is 5.30 Å². The van der Waals surface area contributed by atoms with Gasteiger partial charge in [-0.05, 0) is 17.4 Å². The van der Waals surface area contributed by atoms with E-state index in [1.54, 1.807) is 13.2 Å². The third kappa shape index (κ3) is 1.95. The Morgan fingerprint density at radius 3 is 2.92 bits per heavy atom. The van der Waals surface area contributed by atoms with Crippen molar-refractivity contribution >= 4 is 26.6 Å². The molecule has 0 fully saturated rings. The molecular weight excluding hydrogens is 173 g/mol. The molecule has 0 saturated heterocycles. The van der Waals surface area contributed by atoms with E-state index in [-0.39, 0.29) is 0 Å². The van der Waals surface area contributed by atoms with Crippen molar-refractivity contribution in [1.29, 1.82) is 0 Å². The van der Waals surface area contributed by atoms with Crippen molar-refractivity contribution in [3.05, 3.63) is 18.2 Å². The fourth-order valence-electron chi connectivity index (χ4n) is 0.891. The van der Waals surface area contributed by atoms with Crippen LogP contribution in [0, 0.1) is 0 Å². The van der Waals surface area contributed by atoms with Gasteiger partial charge < -0.3 is 10.1 Å². The van der Waals surface area contributed by atoms with Gasteiger partial charge in [0.15, 0.2) is 0 Å². The number of anilines is 1. The van der Waals surface area contributed by atoms with Crippen molar-refractivity contribution in [2.45, 2.75) is 0 Å². The highest BCUT2D eigenvalue weighted by Gasteiger charge is 2.00. The number of methoxy groups -OCH3 is 1. The standard InChI is InChI=1S/C8H10NO2P/c1-11-8-4-6(12)2-3-7(8)9-5-10/h2-5H,12H2,1H3,(H,9,10). The lowest BCUT2D eigenvalue weighted by Gasteiger charge is -2.06. The summed E-state index contributed by atoms with van der Waals surface area (Å²) in [6.07, 6.45) is 0.625. The molecule has 1 aromatic rings. The Bertz CT molecular complexity index is 288. The first kappa shape index (κ1) is 9.01. The van der Waals surface area contributed by atoms with E-state index in [1.165, 1.54) is 0 Å². The fraction of sp³-hybridized carbons (Fsp3) is 0.125. The topological polar surface area (TPSA) is 38.3 Å². The van der Waals surface area contributed by atoms with Gasteiger partial charge in [0.25, 0.3) is 0 Å². The molecule has 12 heavy (non-hydrogen) atoms. The third-order valence-corrected chi connectivity index (χ3v) is 1.80. The average molecular weight is 183 g/mol. The number of benzene rings is 1. The van der Waals surface area contributed by atoms with Crippen molar-refractivity contribution in [2.24, 2.45) is 0 Å². The zero-order chi connectivity index (χ0) is 8.97. The summed E-state index contributed by atoms with van der Waals surface area (Å²) in [4.78, 5) is 10.2. The molecule has 1 unspecified atom stereocenters. The highest BCUT2D eigenvalue weighted by Crippen LogP contribution is 2.21. The second kappa shape index (κ2) is 4.07. The maximum atomic E-state index is 10.2. The number of ether oxygens (including phenoxy) is 1. The van der Waals surface area contributed by atoms with Gasteiger partial charge in [0.05, 0.1) is 12.8 Å². The fourth-order valence-corrected chi connectivity index (χ4v) is 1.14. The Morgan fingerprint density at radius 1 is 1.58 bits per heavy atom. The summed E-state index contributed by atoms with van der Waals surface area (Å²) < 4.78 is 5.04. The number of hydrogen-bond acceptors (Lipinski definition) is 2. The van der Waals surface area contributed by atoms with E-state index in [4.69, 9.17) is 4.74 Å². The largest absolute Gasteiger partial charge is 0.495 e. The maximum Gasteiger partial charge on any atom is 0.211 e. The summed E-state index contributed by atoms with van der Waals surface area (Å²) in [5, 5.41) is 3.56. The van der Waals surface area contributed by atoms with E-state index < -0.39 is 0 Å². The number of nitrogens with one attached hydrogen (secondary N) is 1. The van der Waals surface area contributed by atoms with E-state index >= 15 is 0 Å². The molecule has 0 aliphatic rings. The SMILES string of the molecule is COc1cc(P)ccc1NC=O. The monoisotopic (exact) mass is 183 g/mol. The molecule has 1 atom stereocenters. The molecule has 0 aromatic heterocycles. The first-order valence-electron chi connectivity index (χ1n) is 3.41. The predicted octanol–water partition coefficient (Wildman–Crippen LogP) is 0.764. The van der Waals surface area contributed by atoms with Gasteiger partial charge in [-0.1, -0.05) is 6.07 Å². The number of carbonyl (C=O) groups is 1. The van der Waals surface area contributed by atoms with Crippen LogP contribution in [0.15, 0.2) is 18.2 Å². The molecular formula is C8H10NO2P. The molecule has 1 N–H and O–H groups in total. The Hall–Kier alpha value is -1.08. The summed E-state index contributed by atoms with van der Waals surface area (Å²) in [6.45, 7) is 0. The second-order valence-corrected chi connectivity index (χ2v) is 2.89. The first-order chi connectivity index (χ1) is 5.77. The van der Waals surface area contributed by atoms with Gasteiger partial charge in [0.2, 0.25) is 6.41 Å². The minimum atomic E-state index is 0.625. The average Bonchev–Trinajstić information content (AvgIpc) is 2.08. The van der Waals surface area contributed by atoms with E-state index in [2.05, 4.69) is 14.6 Å². The number of hydrogen-bond donors (Lipinski definition) is 1. The maximum absolute atomic E-state index is 10.2. The third-order valence-electron chi connectivity index (χ3n) is 1.44. The summed E-state index contributed by atoms with van der Waals surface area (Å²) in [6, 6.07) is 5.49. The van der Waals surface area contributed by atoms with Crippen LogP contribution in [0.2, 0.25) is 0 Å². The molecule has 0 radical (unpaired) electrons. The van der Waals surface area contributed by atoms with E-state index in [1.807, 2.05) is 12.1 Å². The van der Waals surface area contributed by atoms with E-state index in [0.29, 0.717) is 17.8 Å². The molecule has 0 aliphatic carbocycles. The zero-order valence-electron chi connectivity index (χ0n) is 6.70. The van der Waals surface area contributed by atoms with Crippen molar-refractivity contribution in [2.75, 3.05) is 12.4 Å². The second-order valence-electron chi connectivity index (χ2n) is 2.22. The number of rotatable bonds is 3. The predicted molar refractivity (Wildman–Crippen MR) is 52.0 cm³/mol. The zero-order valence-corrected chi connectivity index (χ0v) is 7.86. The molecule has 0 spiro atoms. The molecule has 4 heteroatoms. The lowest BCUT2D eigenvalue weighted by molar-refractivity contribution is -0.105. The van der Waals surface area contributed by atoms with Crippen molar-refractivity contribution < 1.29 is 9.53 Å². The van der Waals surface area contributed by atoms with Gasteiger partial charge in [0, 0.05) is 0 Å². The molecule has 64 valence electrons. The molecule has 0 heterocycles. The lowest BCUT2D eigenvalue weighted by Crippen LogP contribution is -2.00. The molecule has 1 aromatic carbocycles. The van der Waals surface area contributed by atoms with Crippen molar-refractivity contribution in [1.82, 2.24) is 0 Å². The summed E-state index contributed by atoms with van der Waals surface area (Å²) in [7, 11) is 4.12. The van der Waals surface area contributed by atoms with Crippen LogP contribution in [-0.4, -0.2) is 13.5 Å². The molecule has 0 aliphatic heterocycles. The number of carbonyl (C=O) groups excluding carboxylic acids is 1. The Labute approximate surface area is 73.3 Å². The van der Waals surface area contributed by atoms with Crippen molar-refractivity contribution in [3.63, 3.8) is 0 Å². The van der Waals surface area contributed by atoms with Gasteiger partial charge >= 0.3 is 0 Å². The van der Waals surface area contributed by atoms with Crippen LogP contribution in [0.4, 0.5) is 5.69 Å². The van der Waals surface area contributed by atoms with Crippen LogP contribution >= 0.6 is 9.24 Å². The summed E-state index contributed by atoms with van der Waals surface area (Å²) >= 11 is 0. The minimum absolute atomic E-state index is 0.625. The Balaban J connectivity index is 3.01. The van der Waals surface area contributed by atoms with E-state index in [9.17, 15) is 4.79 Å². The first-order valence-corrected chi connectivity index (χ1v) is 3.99. The molecule has 3 nitrogen and oxygen atoms in total. The van der Waals surface area contributed by atoms with Gasteiger partial charge in [-0.2, -0.15) is 0 Å². The summed E-state index contributed by atoms with van der Waals surface area (Å²) in [5.41, 5.74) is 0.679. The summed E-state index contributed by atoms with van der Waals surface area (Å²) in [5.74, 6) is 0.662. The normalized spacial score (nSPS) is 9.17. The van der Waals surface area contributed by atoms with Crippen LogP contribution in [0.1, 0.15) is 0 Å². The van der Waals surface area contributed by atoms with Crippen LogP contribution < -0.4 is 15.4 Å². The van der Waals surface area contributed by atoms with Gasteiger partial charge in [-0.25, -0.2) is 0 Å². The van der Waals surface area contributed by atoms with Gasteiger partial charge in [-0.15, -0.1) is 9.24 Å². The van der Waals surface area contributed by atoms with Crippen LogP contribution in [0.5, 0.6) is 5.75 Å². The molecule has 1 rings (SSSR count). The Kier molecular flexibility index (Phi) is 3.06. The van der Waals surface area contributed by atoms with Crippen LogP contribution in [0.25, 0.3) is 0 Å². The molecule has 0 bridgehead atoms. The Morgan fingerprint density at radius 2 is 2.33 bits per heavy atom. The van der Waals surface area contributed by atoms with Crippen LogP contribution in [0.3, 0.4) is 0 Å². The smallest absolute Gasteiger partial charge is 0.211 e. The van der Waals surface area contributed by atoms with Gasteiger partial charge in [-0.3, -0.25) is 4.79 Å². The van der Waals surface area contributed by atoms with Crippen molar-refractivity contribution in [3.8, 4) is 5.75 Å². The highest BCUT2D eigenvalue weighted by atomic mass is 31.0. The molecule has 1 amide bonds. The quantitative estimate of drug-likeness (QED) is 0.555.